The highest BCUT2D eigenvalue weighted by Crippen LogP contribution is 2.24. The Kier molecular flexibility index (Phi) is 6.58. The Morgan fingerprint density at radius 3 is 2.76 bits per heavy atom. The third-order valence-corrected chi connectivity index (χ3v) is 7.16. The van der Waals surface area contributed by atoms with Gasteiger partial charge in [-0.05, 0) is 31.9 Å². The van der Waals surface area contributed by atoms with E-state index in [1.54, 1.807) is 11.5 Å². The van der Waals surface area contributed by atoms with Gasteiger partial charge in [-0.25, -0.2) is 31.9 Å². The lowest BCUT2D eigenvalue weighted by Gasteiger charge is -2.33. The molecule has 4 aromatic rings. The third-order valence-electron chi connectivity index (χ3n) is 6.40. The number of sulfonamides is 1. The van der Waals surface area contributed by atoms with E-state index in [1.807, 2.05) is 4.90 Å². The van der Waals surface area contributed by atoms with Crippen molar-refractivity contribution >= 4 is 38.2 Å². The van der Waals surface area contributed by atoms with Gasteiger partial charge in [0.15, 0.2) is 16.7 Å². The highest BCUT2D eigenvalue weighted by molar-refractivity contribution is 7.88. The van der Waals surface area contributed by atoms with Crippen LogP contribution in [0, 0.1) is 17.7 Å². The molecule has 0 saturated carbocycles. The zero-order chi connectivity index (χ0) is 27.2. The molecule has 1 N–H and O–H groups in total. The third kappa shape index (κ3) is 4.82. The maximum absolute atomic E-state index is 13.7. The van der Waals surface area contributed by atoms with Gasteiger partial charge in [-0.2, -0.15) is 4.98 Å². The average molecular weight is 544 g/mol. The number of nitrogens with one attached hydrogen (secondary N) is 1. The molecule has 0 bridgehead atoms. The number of nitrogens with zero attached hydrogens (tertiary/aromatic N) is 6. The lowest BCUT2D eigenvalue weighted by atomic mass is 10.1. The van der Waals surface area contributed by atoms with Crippen LogP contribution in [0.2, 0.25) is 0 Å². The van der Waals surface area contributed by atoms with Crippen LogP contribution in [0.5, 0.6) is 0 Å². The predicted molar refractivity (Wildman–Crippen MR) is 139 cm³/mol. The zero-order valence-corrected chi connectivity index (χ0v) is 21.9. The summed E-state index contributed by atoms with van der Waals surface area (Å²) in [5.41, 5.74) is -0.258. The van der Waals surface area contributed by atoms with Gasteiger partial charge in [0.1, 0.15) is 17.9 Å². The first-order chi connectivity index (χ1) is 18.1. The minimum absolute atomic E-state index is 0.0783. The number of hydrogen-bond donors (Lipinski definition) is 1. The van der Waals surface area contributed by atoms with Gasteiger partial charge in [0.25, 0.3) is 5.56 Å². The first-order valence-electron chi connectivity index (χ1n) is 11.9. The number of oxazole rings is 1. The van der Waals surface area contributed by atoms with E-state index in [4.69, 9.17) is 4.42 Å². The highest BCUT2D eigenvalue weighted by Gasteiger charge is 2.28. The molecule has 1 unspecified atom stereocenters. The van der Waals surface area contributed by atoms with Crippen molar-refractivity contribution in [1.82, 2.24) is 28.4 Å². The lowest BCUT2D eigenvalue weighted by molar-refractivity contribution is 0.460. The second-order valence-corrected chi connectivity index (χ2v) is 11.0. The van der Waals surface area contributed by atoms with Gasteiger partial charge in [-0.1, -0.05) is 5.92 Å². The molecule has 0 radical (unpaired) electrons. The summed E-state index contributed by atoms with van der Waals surface area (Å²) in [7, 11) is -1.89. The van der Waals surface area contributed by atoms with Crippen LogP contribution in [0.25, 0.3) is 22.3 Å². The quantitative estimate of drug-likeness (QED) is 0.352. The Balaban J connectivity index is 1.62. The average Bonchev–Trinajstić information content (AvgIpc) is 3.44. The van der Waals surface area contributed by atoms with Crippen LogP contribution in [0.15, 0.2) is 32.2 Å². The molecule has 14 heteroatoms. The molecule has 200 valence electrons. The Morgan fingerprint density at radius 1 is 1.24 bits per heavy atom. The lowest BCUT2D eigenvalue weighted by Crippen LogP contribution is -2.48. The topological polar surface area (TPSA) is 137 Å². The molecule has 0 spiro atoms. The van der Waals surface area contributed by atoms with E-state index in [0.29, 0.717) is 37.5 Å². The van der Waals surface area contributed by atoms with Crippen LogP contribution in [0.1, 0.15) is 25.7 Å². The predicted octanol–water partition coefficient (Wildman–Crippen LogP) is 0.767. The molecule has 3 aromatic heterocycles. The normalized spacial score (nSPS) is 16.2. The van der Waals surface area contributed by atoms with Gasteiger partial charge in [0, 0.05) is 32.2 Å². The number of anilines is 1. The molecule has 1 aliphatic heterocycles. The van der Waals surface area contributed by atoms with Crippen molar-refractivity contribution < 1.29 is 17.2 Å². The molecule has 12 nitrogen and oxygen atoms in total. The molecule has 4 heterocycles. The number of fused-ring (bicyclic) bond motifs is 2. The van der Waals surface area contributed by atoms with E-state index >= 15 is 0 Å². The Morgan fingerprint density at radius 2 is 2.03 bits per heavy atom. The molecule has 1 aliphatic rings. The van der Waals surface area contributed by atoms with E-state index in [2.05, 4.69) is 26.5 Å². The van der Waals surface area contributed by atoms with Crippen LogP contribution in [0.4, 0.5) is 10.3 Å². The monoisotopic (exact) mass is 543 g/mol. The summed E-state index contributed by atoms with van der Waals surface area (Å²) >= 11 is 0. The van der Waals surface area contributed by atoms with E-state index < -0.39 is 27.1 Å². The fraction of sp³-hybridized carbons (Fsp3) is 0.417. The first-order valence-corrected chi connectivity index (χ1v) is 13.8. The number of rotatable bonds is 6. The van der Waals surface area contributed by atoms with Crippen molar-refractivity contribution in [3.63, 3.8) is 0 Å². The van der Waals surface area contributed by atoms with Crippen LogP contribution in [0.3, 0.4) is 0 Å². The molecule has 0 aliphatic carbocycles. The van der Waals surface area contributed by atoms with Crippen molar-refractivity contribution in [3.05, 3.63) is 50.7 Å². The van der Waals surface area contributed by atoms with Crippen LogP contribution in [-0.4, -0.2) is 57.5 Å². The molecular weight excluding hydrogens is 517 g/mol. The number of imidazole rings is 1. The van der Waals surface area contributed by atoms with Crippen LogP contribution >= 0.6 is 0 Å². The molecule has 0 amide bonds. The van der Waals surface area contributed by atoms with Crippen LogP contribution < -0.4 is 20.9 Å². The number of piperidine rings is 1. The second-order valence-electron chi connectivity index (χ2n) is 9.22. The van der Waals surface area contributed by atoms with Crippen molar-refractivity contribution in [2.75, 3.05) is 24.2 Å². The summed E-state index contributed by atoms with van der Waals surface area (Å²) in [6, 6.07) is 3.55. The van der Waals surface area contributed by atoms with E-state index in [0.717, 1.165) is 10.8 Å². The van der Waals surface area contributed by atoms with Crippen molar-refractivity contribution in [2.45, 2.75) is 38.9 Å². The zero-order valence-electron chi connectivity index (χ0n) is 21.1. The van der Waals surface area contributed by atoms with Gasteiger partial charge in [-0.3, -0.25) is 13.9 Å². The van der Waals surface area contributed by atoms with Gasteiger partial charge in [0.2, 0.25) is 21.9 Å². The SMILES string of the molecule is CC#CCn1c(N2CCCC(NS(C)(=O)=O)C2)nc2c1c(=O)n(Cc1nc3cc(F)ccc3o1)c(=O)n2C. The van der Waals surface area contributed by atoms with Gasteiger partial charge in [-0.15, -0.1) is 5.92 Å². The molecule has 1 aromatic carbocycles. The number of aromatic nitrogens is 5. The Labute approximate surface area is 216 Å². The number of halogens is 1. The minimum atomic E-state index is -3.41. The van der Waals surface area contributed by atoms with Crippen molar-refractivity contribution in [2.24, 2.45) is 7.05 Å². The highest BCUT2D eigenvalue weighted by atomic mass is 32.2. The van der Waals surface area contributed by atoms with Crippen molar-refractivity contribution in [3.8, 4) is 11.8 Å². The molecular formula is C24H26FN7O5S. The summed E-state index contributed by atoms with van der Waals surface area (Å²) in [6.07, 6.45) is 2.49. The fourth-order valence-electron chi connectivity index (χ4n) is 4.76. The standard InChI is InChI=1S/C24H26FN7O5S/c1-4-5-11-31-20-21(27-23(31)30-10-6-7-16(13-30)28-38(3,35)36)29(2)24(34)32(22(20)33)14-19-26-17-12-15(25)8-9-18(17)37-19/h8-9,12,16,28H,6-7,10-11,13-14H2,1-3H3. The van der Waals surface area contributed by atoms with E-state index in [9.17, 15) is 22.4 Å². The molecule has 1 fully saturated rings. The molecule has 5 rings (SSSR count). The van der Waals surface area contributed by atoms with Crippen molar-refractivity contribution in [1.29, 1.82) is 0 Å². The largest absolute Gasteiger partial charge is 0.439 e. The molecule has 1 saturated heterocycles. The summed E-state index contributed by atoms with van der Waals surface area (Å²) < 4.78 is 49.4. The summed E-state index contributed by atoms with van der Waals surface area (Å²) in [5, 5.41) is 0. The maximum atomic E-state index is 13.7. The summed E-state index contributed by atoms with van der Waals surface area (Å²) in [4.78, 5) is 37.7. The minimum Gasteiger partial charge on any atom is -0.439 e. The van der Waals surface area contributed by atoms with Gasteiger partial charge >= 0.3 is 5.69 Å². The number of hydrogen-bond acceptors (Lipinski definition) is 8. The molecule has 1 atom stereocenters. The number of benzene rings is 1. The molecule has 38 heavy (non-hydrogen) atoms. The van der Waals surface area contributed by atoms with Crippen LogP contribution in [-0.2, 0) is 30.2 Å². The van der Waals surface area contributed by atoms with E-state index in [-0.39, 0.29) is 41.7 Å². The van der Waals surface area contributed by atoms with Gasteiger partial charge in [0.05, 0.1) is 12.8 Å². The number of aryl methyl sites for hydroxylation is 1. The Bertz CT molecular complexity index is 1840. The summed E-state index contributed by atoms with van der Waals surface area (Å²) in [5.74, 6) is 5.80. The fourth-order valence-corrected chi connectivity index (χ4v) is 5.56. The smallest absolute Gasteiger partial charge is 0.332 e. The summed E-state index contributed by atoms with van der Waals surface area (Å²) in [6.45, 7) is 2.49. The van der Waals surface area contributed by atoms with Gasteiger partial charge < -0.3 is 9.32 Å². The first kappa shape index (κ1) is 25.7. The second kappa shape index (κ2) is 9.73. The van der Waals surface area contributed by atoms with E-state index in [1.165, 1.54) is 29.8 Å². The Hall–Kier alpha value is -3.96. The maximum Gasteiger partial charge on any atom is 0.332 e.